The number of hydrazone groups is 1. The maximum Gasteiger partial charge on any atom is 0.330 e. The lowest BCUT2D eigenvalue weighted by Crippen LogP contribution is -2.11. The van der Waals surface area contributed by atoms with E-state index in [9.17, 15) is 9.59 Å². The molecule has 48 heavy (non-hydrogen) atoms. The minimum atomic E-state index is -0.429. The van der Waals surface area contributed by atoms with Gasteiger partial charge in [-0.15, -0.1) is 0 Å². The largest absolute Gasteiger partial charge is 0.462 e. The van der Waals surface area contributed by atoms with Crippen molar-refractivity contribution in [1.82, 2.24) is 0 Å². The van der Waals surface area contributed by atoms with Crippen LogP contribution in [0, 0.1) is 0 Å². The van der Waals surface area contributed by atoms with Crippen molar-refractivity contribution in [3.63, 3.8) is 0 Å². The maximum absolute atomic E-state index is 11.4. The third-order valence-corrected chi connectivity index (χ3v) is 7.47. The van der Waals surface area contributed by atoms with E-state index >= 15 is 0 Å². The number of esters is 2. The topological polar surface area (TPSA) is 71.4 Å². The number of anilines is 5. The zero-order chi connectivity index (χ0) is 33.6. The molecule has 7 heteroatoms. The second-order valence-electron chi connectivity index (χ2n) is 10.7. The van der Waals surface area contributed by atoms with E-state index in [1.807, 2.05) is 108 Å². The van der Waals surface area contributed by atoms with E-state index in [0.29, 0.717) is 12.8 Å². The lowest BCUT2D eigenvalue weighted by molar-refractivity contribution is -0.138. The molecule has 0 amide bonds. The van der Waals surface area contributed by atoms with Crippen molar-refractivity contribution in [2.24, 2.45) is 5.10 Å². The predicted octanol–water partition coefficient (Wildman–Crippen LogP) is 8.87. The van der Waals surface area contributed by atoms with Crippen LogP contribution in [-0.4, -0.2) is 31.4 Å². The summed E-state index contributed by atoms with van der Waals surface area (Å²) in [6.45, 7) is 7.45. The molecule has 0 heterocycles. The van der Waals surface area contributed by atoms with Crippen LogP contribution in [0.3, 0.4) is 0 Å². The molecule has 5 rings (SSSR count). The molecule has 240 valence electrons. The first-order valence-electron chi connectivity index (χ1n) is 15.6. The van der Waals surface area contributed by atoms with Crippen LogP contribution >= 0.6 is 0 Å². The van der Waals surface area contributed by atoms with Gasteiger partial charge in [0, 0.05) is 42.1 Å². The molecule has 0 atom stereocenters. The van der Waals surface area contributed by atoms with Gasteiger partial charge < -0.3 is 14.4 Å². The van der Waals surface area contributed by atoms with E-state index in [1.54, 1.807) is 0 Å². The monoisotopic (exact) mass is 635 g/mol. The Morgan fingerprint density at radius 1 is 0.542 bits per heavy atom. The van der Waals surface area contributed by atoms with Gasteiger partial charge in [-0.2, -0.15) is 5.10 Å². The number of hydrogen-bond donors (Lipinski definition) is 0. The van der Waals surface area contributed by atoms with Crippen LogP contribution in [-0.2, 0) is 31.9 Å². The molecule has 0 saturated heterocycles. The van der Waals surface area contributed by atoms with Crippen molar-refractivity contribution in [3.05, 3.63) is 175 Å². The standard InChI is InChI=1S/C41H37N3O4/c1-3-40(45)47-29-27-32-15-21-35(22-16-32)43(36-23-17-33(18-24-36)28-30-48-41(46)4-2)37-25-19-34(20-26-37)31-42-44(38-11-7-5-8-12-38)39-13-9-6-10-14-39/h3-26,31H,1-2,27-30H2. The van der Waals surface area contributed by atoms with Crippen LogP contribution in [0.25, 0.3) is 0 Å². The molecule has 0 radical (unpaired) electrons. The van der Waals surface area contributed by atoms with Crippen molar-refractivity contribution in [2.75, 3.05) is 23.1 Å². The van der Waals surface area contributed by atoms with Gasteiger partial charge in [0.2, 0.25) is 0 Å². The van der Waals surface area contributed by atoms with Crippen molar-refractivity contribution in [2.45, 2.75) is 12.8 Å². The number of benzene rings is 5. The SMILES string of the molecule is C=CC(=O)OCCc1ccc(N(c2ccc(C=NN(c3ccccc3)c3ccccc3)cc2)c2ccc(CCOC(=O)C=C)cc2)cc1. The van der Waals surface area contributed by atoms with Gasteiger partial charge in [-0.3, -0.25) is 0 Å². The average Bonchev–Trinajstić information content (AvgIpc) is 3.14. The molecule has 0 saturated carbocycles. The number of carbonyl (C=O) groups is 2. The molecule has 0 spiro atoms. The second-order valence-corrected chi connectivity index (χ2v) is 10.7. The van der Waals surface area contributed by atoms with Gasteiger partial charge in [-0.1, -0.05) is 86.0 Å². The Kier molecular flexibility index (Phi) is 11.7. The van der Waals surface area contributed by atoms with Crippen molar-refractivity contribution in [3.8, 4) is 0 Å². The number of ether oxygens (including phenoxy) is 2. The van der Waals surface area contributed by atoms with Crippen LogP contribution in [0.4, 0.5) is 28.4 Å². The number of rotatable bonds is 15. The second kappa shape index (κ2) is 16.9. The Morgan fingerprint density at radius 2 is 0.938 bits per heavy atom. The third kappa shape index (κ3) is 9.17. The molecule has 0 aliphatic carbocycles. The molecule has 0 fully saturated rings. The van der Waals surface area contributed by atoms with Gasteiger partial charge in [0.15, 0.2) is 0 Å². The lowest BCUT2D eigenvalue weighted by atomic mass is 10.1. The molecule has 0 N–H and O–H groups in total. The van der Waals surface area contributed by atoms with Crippen molar-refractivity contribution < 1.29 is 19.1 Å². The Bertz CT molecular complexity index is 1710. The number of nitrogens with zero attached hydrogens (tertiary/aromatic N) is 3. The van der Waals surface area contributed by atoms with Crippen LogP contribution in [0.1, 0.15) is 16.7 Å². The number of para-hydroxylation sites is 2. The first kappa shape index (κ1) is 33.2. The normalized spacial score (nSPS) is 10.7. The molecular formula is C41H37N3O4. The van der Waals surface area contributed by atoms with Crippen LogP contribution in [0.5, 0.6) is 0 Å². The van der Waals surface area contributed by atoms with E-state index < -0.39 is 11.9 Å². The molecular weight excluding hydrogens is 598 g/mol. The summed E-state index contributed by atoms with van der Waals surface area (Å²) in [4.78, 5) is 25.0. The molecule has 0 aliphatic rings. The fraction of sp³-hybridized carbons (Fsp3) is 0.0976. The summed E-state index contributed by atoms with van der Waals surface area (Å²) in [7, 11) is 0. The van der Waals surface area contributed by atoms with Crippen molar-refractivity contribution in [1.29, 1.82) is 0 Å². The molecule has 5 aromatic rings. The van der Waals surface area contributed by atoms with Gasteiger partial charge in [-0.05, 0) is 77.4 Å². The van der Waals surface area contributed by atoms with Crippen LogP contribution in [0.2, 0.25) is 0 Å². The summed E-state index contributed by atoms with van der Waals surface area (Å²) >= 11 is 0. The van der Waals surface area contributed by atoms with Gasteiger partial charge in [-0.25, -0.2) is 14.6 Å². The minimum Gasteiger partial charge on any atom is -0.462 e. The highest BCUT2D eigenvalue weighted by Gasteiger charge is 2.14. The summed E-state index contributed by atoms with van der Waals surface area (Å²) in [5, 5.41) is 6.76. The van der Waals surface area contributed by atoms with Crippen LogP contribution < -0.4 is 9.91 Å². The van der Waals surface area contributed by atoms with Gasteiger partial charge in [0.1, 0.15) is 0 Å². The van der Waals surface area contributed by atoms with Crippen molar-refractivity contribution >= 4 is 46.6 Å². The minimum absolute atomic E-state index is 0.284. The quantitative estimate of drug-likeness (QED) is 0.0495. The Morgan fingerprint density at radius 3 is 1.33 bits per heavy atom. The van der Waals surface area contributed by atoms with Gasteiger partial charge in [0.25, 0.3) is 0 Å². The molecule has 0 bridgehead atoms. The first-order valence-corrected chi connectivity index (χ1v) is 15.6. The molecule has 0 aliphatic heterocycles. The highest BCUT2D eigenvalue weighted by Crippen LogP contribution is 2.35. The molecule has 0 unspecified atom stereocenters. The highest BCUT2D eigenvalue weighted by atomic mass is 16.5. The number of hydrogen-bond acceptors (Lipinski definition) is 7. The summed E-state index contributed by atoms with van der Waals surface area (Å²) < 4.78 is 10.3. The zero-order valence-electron chi connectivity index (χ0n) is 26.7. The zero-order valence-corrected chi connectivity index (χ0v) is 26.7. The van der Waals surface area contributed by atoms with E-state index in [-0.39, 0.29) is 13.2 Å². The van der Waals surface area contributed by atoms with Crippen LogP contribution in [0.15, 0.2) is 164 Å². The highest BCUT2D eigenvalue weighted by molar-refractivity contribution is 5.84. The predicted molar refractivity (Wildman–Crippen MR) is 193 cm³/mol. The fourth-order valence-corrected chi connectivity index (χ4v) is 4.98. The van der Waals surface area contributed by atoms with Gasteiger partial charge >= 0.3 is 11.9 Å². The lowest BCUT2D eigenvalue weighted by Gasteiger charge is -2.26. The summed E-state index contributed by atoms with van der Waals surface area (Å²) in [5.74, 6) is -0.858. The van der Waals surface area contributed by atoms with E-state index in [1.165, 1.54) is 12.2 Å². The maximum atomic E-state index is 11.4. The summed E-state index contributed by atoms with van der Waals surface area (Å²) in [6.07, 6.45) is 5.39. The van der Waals surface area contributed by atoms with E-state index in [0.717, 1.165) is 45.1 Å². The van der Waals surface area contributed by atoms with Gasteiger partial charge in [0.05, 0.1) is 30.8 Å². The number of carbonyl (C=O) groups excluding carboxylic acids is 2. The fourth-order valence-electron chi connectivity index (χ4n) is 4.98. The average molecular weight is 636 g/mol. The Hall–Kier alpha value is -6.21. The summed E-state index contributed by atoms with van der Waals surface area (Å²) in [6, 6.07) is 44.7. The molecule has 0 aromatic heterocycles. The third-order valence-electron chi connectivity index (χ3n) is 7.47. The smallest absolute Gasteiger partial charge is 0.330 e. The van der Waals surface area contributed by atoms with E-state index in [2.05, 4.69) is 54.5 Å². The molecule has 5 aromatic carbocycles. The molecule has 7 nitrogen and oxygen atoms in total. The first-order chi connectivity index (χ1) is 23.5. The van der Waals surface area contributed by atoms with E-state index in [4.69, 9.17) is 14.6 Å². The Labute approximate surface area is 281 Å². The Balaban J connectivity index is 1.39. The summed E-state index contributed by atoms with van der Waals surface area (Å²) in [5.41, 5.74) is 7.88.